The number of benzene rings is 1. The fraction of sp³-hybridized carbons (Fsp3) is 0.462. The molecule has 1 heterocycles. The van der Waals surface area contributed by atoms with Crippen molar-refractivity contribution in [1.82, 2.24) is 0 Å². The number of hydrogen-bond donors (Lipinski definition) is 1. The Morgan fingerprint density at radius 2 is 2.20 bits per heavy atom. The zero-order chi connectivity index (χ0) is 10.3. The Kier molecular flexibility index (Phi) is 2.01. The van der Waals surface area contributed by atoms with E-state index < -0.39 is 0 Å². The number of carbonyl (C=O) groups is 1. The first-order valence-corrected chi connectivity index (χ1v) is 5.73. The van der Waals surface area contributed by atoms with Gasteiger partial charge in [0.1, 0.15) is 0 Å². The smallest absolute Gasteiger partial charge is 0.228 e. The molecule has 0 radical (unpaired) electrons. The second kappa shape index (κ2) is 3.37. The van der Waals surface area contributed by atoms with Crippen LogP contribution < -0.4 is 5.32 Å². The van der Waals surface area contributed by atoms with Gasteiger partial charge in [-0.15, -0.1) is 0 Å². The molecule has 1 aromatic carbocycles. The molecule has 0 bridgehead atoms. The molecule has 2 aliphatic rings. The van der Waals surface area contributed by atoms with Gasteiger partial charge in [0, 0.05) is 5.69 Å². The Morgan fingerprint density at radius 3 is 2.93 bits per heavy atom. The molecule has 1 saturated carbocycles. The van der Waals surface area contributed by atoms with E-state index in [1.54, 1.807) is 0 Å². The Morgan fingerprint density at radius 1 is 1.33 bits per heavy atom. The molecule has 1 amide bonds. The van der Waals surface area contributed by atoms with Crippen molar-refractivity contribution >= 4 is 11.6 Å². The molecule has 1 aliphatic carbocycles. The van der Waals surface area contributed by atoms with Gasteiger partial charge in [-0.2, -0.15) is 0 Å². The number of hydrogen-bond acceptors (Lipinski definition) is 1. The van der Waals surface area contributed by atoms with Crippen molar-refractivity contribution < 1.29 is 4.79 Å². The molecule has 0 atom stereocenters. The molecule has 15 heavy (non-hydrogen) atoms. The first kappa shape index (κ1) is 8.96. The van der Waals surface area contributed by atoms with E-state index in [-0.39, 0.29) is 5.91 Å². The second-order valence-electron chi connectivity index (χ2n) is 4.67. The van der Waals surface area contributed by atoms with Crippen molar-refractivity contribution in [2.75, 3.05) is 5.32 Å². The fourth-order valence-electron chi connectivity index (χ4n) is 2.51. The molecule has 2 nitrogen and oxygen atoms in total. The lowest BCUT2D eigenvalue weighted by molar-refractivity contribution is -0.115. The van der Waals surface area contributed by atoms with Crippen LogP contribution in [-0.2, 0) is 17.6 Å². The lowest BCUT2D eigenvalue weighted by Gasteiger charge is -2.26. The van der Waals surface area contributed by atoms with E-state index in [0.717, 1.165) is 18.0 Å². The maximum absolute atomic E-state index is 11.3. The third-order valence-corrected chi connectivity index (χ3v) is 3.62. The maximum atomic E-state index is 11.3. The summed E-state index contributed by atoms with van der Waals surface area (Å²) in [6, 6.07) is 6.24. The Bertz CT molecular complexity index is 407. The molecule has 1 aliphatic heterocycles. The Balaban J connectivity index is 1.88. The van der Waals surface area contributed by atoms with Gasteiger partial charge >= 0.3 is 0 Å². The number of anilines is 1. The quantitative estimate of drug-likeness (QED) is 0.782. The van der Waals surface area contributed by atoms with E-state index in [4.69, 9.17) is 0 Å². The predicted octanol–water partition coefficient (Wildman–Crippen LogP) is 2.52. The third-order valence-electron chi connectivity index (χ3n) is 3.62. The highest BCUT2D eigenvalue weighted by Gasteiger charge is 2.24. The Labute approximate surface area is 89.7 Å². The summed E-state index contributed by atoms with van der Waals surface area (Å²) in [6.45, 7) is 0. The molecule has 1 fully saturated rings. The minimum atomic E-state index is 0.144. The van der Waals surface area contributed by atoms with Crippen molar-refractivity contribution in [3.63, 3.8) is 0 Å². The molecule has 78 valence electrons. The highest BCUT2D eigenvalue weighted by Crippen LogP contribution is 2.33. The van der Waals surface area contributed by atoms with Crippen molar-refractivity contribution in [3.8, 4) is 0 Å². The Hall–Kier alpha value is -1.31. The van der Waals surface area contributed by atoms with E-state index in [9.17, 15) is 4.79 Å². The average Bonchev–Trinajstić information content (AvgIpc) is 2.52. The first-order chi connectivity index (χ1) is 7.33. The number of nitrogens with one attached hydrogen (secondary N) is 1. The van der Waals surface area contributed by atoms with Crippen LogP contribution in [-0.4, -0.2) is 5.91 Å². The molecule has 0 spiro atoms. The predicted molar refractivity (Wildman–Crippen MR) is 59.8 cm³/mol. The number of amides is 1. The SMILES string of the molecule is O=C1Cc2c(CC3CCC3)cccc2N1. The minimum absolute atomic E-state index is 0.144. The summed E-state index contributed by atoms with van der Waals surface area (Å²) in [4.78, 5) is 11.3. The van der Waals surface area contributed by atoms with Gasteiger partial charge in [0.25, 0.3) is 0 Å². The molecule has 1 aromatic rings. The topological polar surface area (TPSA) is 29.1 Å². The highest BCUT2D eigenvalue weighted by molar-refractivity contribution is 5.99. The summed E-state index contributed by atoms with van der Waals surface area (Å²) in [5.74, 6) is 1.01. The molecule has 0 unspecified atom stereocenters. The van der Waals surface area contributed by atoms with E-state index in [2.05, 4.69) is 17.4 Å². The first-order valence-electron chi connectivity index (χ1n) is 5.73. The average molecular weight is 201 g/mol. The summed E-state index contributed by atoms with van der Waals surface area (Å²) in [5, 5.41) is 2.91. The summed E-state index contributed by atoms with van der Waals surface area (Å²) >= 11 is 0. The van der Waals surface area contributed by atoms with Crippen molar-refractivity contribution in [1.29, 1.82) is 0 Å². The molecular weight excluding hydrogens is 186 g/mol. The number of fused-ring (bicyclic) bond motifs is 1. The zero-order valence-electron chi connectivity index (χ0n) is 8.75. The normalized spacial score (nSPS) is 19.6. The minimum Gasteiger partial charge on any atom is -0.326 e. The van der Waals surface area contributed by atoms with Crippen molar-refractivity contribution in [2.45, 2.75) is 32.1 Å². The molecule has 3 rings (SSSR count). The maximum Gasteiger partial charge on any atom is 0.228 e. The largest absolute Gasteiger partial charge is 0.326 e. The van der Waals surface area contributed by atoms with Gasteiger partial charge in [0.15, 0.2) is 0 Å². The van der Waals surface area contributed by atoms with Crippen LogP contribution in [0.2, 0.25) is 0 Å². The summed E-state index contributed by atoms with van der Waals surface area (Å²) in [5.41, 5.74) is 3.67. The number of rotatable bonds is 2. The highest BCUT2D eigenvalue weighted by atomic mass is 16.1. The van der Waals surface area contributed by atoms with Crippen LogP contribution >= 0.6 is 0 Å². The summed E-state index contributed by atoms with van der Waals surface area (Å²) in [7, 11) is 0. The fourth-order valence-corrected chi connectivity index (χ4v) is 2.51. The van der Waals surface area contributed by atoms with Crippen LogP contribution in [0.4, 0.5) is 5.69 Å². The van der Waals surface area contributed by atoms with E-state index in [0.29, 0.717) is 6.42 Å². The van der Waals surface area contributed by atoms with Crippen LogP contribution in [0.1, 0.15) is 30.4 Å². The van der Waals surface area contributed by atoms with Gasteiger partial charge in [0.2, 0.25) is 5.91 Å². The van der Waals surface area contributed by atoms with Gasteiger partial charge in [-0.1, -0.05) is 31.4 Å². The summed E-state index contributed by atoms with van der Waals surface area (Å²) < 4.78 is 0. The molecule has 0 aromatic heterocycles. The second-order valence-corrected chi connectivity index (χ2v) is 4.67. The lowest BCUT2D eigenvalue weighted by Crippen LogP contribution is -2.14. The van der Waals surface area contributed by atoms with Gasteiger partial charge in [0.05, 0.1) is 6.42 Å². The van der Waals surface area contributed by atoms with Crippen LogP contribution in [0.5, 0.6) is 0 Å². The van der Waals surface area contributed by atoms with Gasteiger partial charge in [-0.25, -0.2) is 0 Å². The third kappa shape index (κ3) is 1.54. The van der Waals surface area contributed by atoms with Gasteiger partial charge in [-0.05, 0) is 29.5 Å². The molecule has 0 saturated heterocycles. The monoisotopic (exact) mass is 201 g/mol. The zero-order valence-corrected chi connectivity index (χ0v) is 8.75. The number of carbonyl (C=O) groups excluding carboxylic acids is 1. The molecular formula is C13H15NO. The van der Waals surface area contributed by atoms with Crippen molar-refractivity contribution in [2.24, 2.45) is 5.92 Å². The molecule has 1 N–H and O–H groups in total. The van der Waals surface area contributed by atoms with Gasteiger partial charge in [-0.3, -0.25) is 4.79 Å². The van der Waals surface area contributed by atoms with Crippen LogP contribution in [0.3, 0.4) is 0 Å². The van der Waals surface area contributed by atoms with Crippen LogP contribution in [0.25, 0.3) is 0 Å². The van der Waals surface area contributed by atoms with E-state index in [1.165, 1.54) is 30.4 Å². The van der Waals surface area contributed by atoms with Crippen molar-refractivity contribution in [3.05, 3.63) is 29.3 Å². The van der Waals surface area contributed by atoms with Gasteiger partial charge < -0.3 is 5.32 Å². The van der Waals surface area contributed by atoms with E-state index in [1.807, 2.05) is 6.07 Å². The van der Waals surface area contributed by atoms with Crippen LogP contribution in [0, 0.1) is 5.92 Å². The lowest BCUT2D eigenvalue weighted by atomic mass is 9.80. The van der Waals surface area contributed by atoms with E-state index >= 15 is 0 Å². The van der Waals surface area contributed by atoms with Crippen LogP contribution in [0.15, 0.2) is 18.2 Å². The standard InChI is InChI=1S/C13H15NO/c15-13-8-11-10(7-9-3-1-4-9)5-2-6-12(11)14-13/h2,5-6,9H,1,3-4,7-8H2,(H,14,15). The molecule has 2 heteroatoms. The summed E-state index contributed by atoms with van der Waals surface area (Å²) in [6.07, 6.45) is 5.86.